The van der Waals surface area contributed by atoms with E-state index in [1.807, 2.05) is 18.2 Å². The molecule has 1 fully saturated rings. The van der Waals surface area contributed by atoms with Crippen molar-refractivity contribution in [1.29, 1.82) is 0 Å². The first-order valence-electron chi connectivity index (χ1n) is 5.82. The minimum Gasteiger partial charge on any atom is -0.493 e. The van der Waals surface area contributed by atoms with Gasteiger partial charge in [0.25, 0.3) is 0 Å². The van der Waals surface area contributed by atoms with E-state index in [1.54, 1.807) is 0 Å². The van der Waals surface area contributed by atoms with Gasteiger partial charge in [0.1, 0.15) is 5.75 Å². The number of benzene rings is 1. The predicted molar refractivity (Wildman–Crippen MR) is 60.7 cm³/mol. The number of Topliss-reactive ketones (excluding diaryl/α,β-unsaturated/α-hetero) is 1. The number of fused-ring (bicyclic) bond motifs is 1. The summed E-state index contributed by atoms with van der Waals surface area (Å²) in [5, 5.41) is 3.08. The van der Waals surface area contributed by atoms with Crippen LogP contribution in [-0.2, 0) is 6.54 Å². The maximum atomic E-state index is 11.7. The molecule has 0 bridgehead atoms. The largest absolute Gasteiger partial charge is 0.493 e. The van der Waals surface area contributed by atoms with E-state index in [1.165, 1.54) is 12.8 Å². The average Bonchev–Trinajstić information content (AvgIpc) is 3.11. The van der Waals surface area contributed by atoms with Gasteiger partial charge < -0.3 is 10.1 Å². The highest BCUT2D eigenvalue weighted by Crippen LogP contribution is 2.30. The van der Waals surface area contributed by atoms with Crippen LogP contribution < -0.4 is 10.1 Å². The predicted octanol–water partition coefficient (Wildman–Crippen LogP) is 1.76. The summed E-state index contributed by atoms with van der Waals surface area (Å²) in [6.45, 7) is 2.02. The molecule has 3 heteroatoms. The lowest BCUT2D eigenvalue weighted by atomic mass is 10.00. The highest BCUT2D eigenvalue weighted by atomic mass is 16.5. The monoisotopic (exact) mass is 217 g/mol. The fraction of sp³-hybridized carbons (Fsp3) is 0.462. The molecule has 1 N–H and O–H groups in total. The van der Waals surface area contributed by atoms with Crippen molar-refractivity contribution in [3.8, 4) is 5.75 Å². The third-order valence-electron chi connectivity index (χ3n) is 3.17. The number of ketones is 1. The maximum absolute atomic E-state index is 11.7. The highest BCUT2D eigenvalue weighted by molar-refractivity contribution is 6.00. The molecule has 0 atom stereocenters. The zero-order valence-corrected chi connectivity index (χ0v) is 9.16. The van der Waals surface area contributed by atoms with Gasteiger partial charge in [-0.15, -0.1) is 0 Å². The molecule has 3 nitrogen and oxygen atoms in total. The van der Waals surface area contributed by atoms with E-state index in [0.29, 0.717) is 6.54 Å². The molecule has 2 aliphatic rings. The summed E-state index contributed by atoms with van der Waals surface area (Å²) in [6.07, 6.45) is 2.57. The molecule has 0 unspecified atom stereocenters. The Hall–Kier alpha value is -1.35. The number of carbonyl (C=O) groups is 1. The van der Waals surface area contributed by atoms with Crippen LogP contribution in [0.5, 0.6) is 5.75 Å². The first kappa shape index (κ1) is 9.85. The summed E-state index contributed by atoms with van der Waals surface area (Å²) >= 11 is 0. The molecule has 1 aliphatic heterocycles. The fourth-order valence-electron chi connectivity index (χ4n) is 1.96. The smallest absolute Gasteiger partial charge is 0.177 e. The van der Waals surface area contributed by atoms with E-state index in [-0.39, 0.29) is 5.78 Å². The SMILES string of the molecule is O=C1CNCc2ccc(OCC3CC3)cc21. The Morgan fingerprint density at radius 3 is 3.00 bits per heavy atom. The molecule has 16 heavy (non-hydrogen) atoms. The lowest BCUT2D eigenvalue weighted by Crippen LogP contribution is -2.29. The van der Waals surface area contributed by atoms with Crippen LogP contribution in [0.3, 0.4) is 0 Å². The Balaban J connectivity index is 1.79. The molecule has 1 heterocycles. The van der Waals surface area contributed by atoms with Crippen molar-refractivity contribution >= 4 is 5.78 Å². The van der Waals surface area contributed by atoms with Crippen molar-refractivity contribution in [2.75, 3.05) is 13.2 Å². The third-order valence-corrected chi connectivity index (χ3v) is 3.17. The number of nitrogens with one attached hydrogen (secondary N) is 1. The Bertz CT molecular complexity index is 424. The second kappa shape index (κ2) is 3.91. The van der Waals surface area contributed by atoms with Crippen molar-refractivity contribution in [3.63, 3.8) is 0 Å². The molecular weight excluding hydrogens is 202 g/mol. The summed E-state index contributed by atoms with van der Waals surface area (Å²) in [5.41, 5.74) is 1.90. The first-order chi connectivity index (χ1) is 7.83. The Morgan fingerprint density at radius 2 is 2.19 bits per heavy atom. The van der Waals surface area contributed by atoms with Crippen molar-refractivity contribution in [3.05, 3.63) is 29.3 Å². The van der Waals surface area contributed by atoms with E-state index in [0.717, 1.165) is 35.9 Å². The van der Waals surface area contributed by atoms with Gasteiger partial charge in [-0.2, -0.15) is 0 Å². The number of hydrogen-bond donors (Lipinski definition) is 1. The molecule has 0 aromatic heterocycles. The maximum Gasteiger partial charge on any atom is 0.177 e. The molecule has 1 aliphatic carbocycles. The van der Waals surface area contributed by atoms with Crippen LogP contribution in [0.4, 0.5) is 0 Å². The molecule has 0 saturated heterocycles. The minimum atomic E-state index is 0.165. The van der Waals surface area contributed by atoms with E-state index < -0.39 is 0 Å². The molecule has 0 radical (unpaired) electrons. The van der Waals surface area contributed by atoms with Crippen LogP contribution in [0.25, 0.3) is 0 Å². The highest BCUT2D eigenvalue weighted by Gasteiger charge is 2.22. The van der Waals surface area contributed by atoms with Gasteiger partial charge in [0, 0.05) is 12.1 Å². The second-order valence-corrected chi connectivity index (χ2v) is 4.60. The number of carbonyl (C=O) groups excluding carboxylic acids is 1. The Kier molecular flexibility index (Phi) is 2.40. The molecule has 3 rings (SSSR count). The number of ether oxygens (including phenoxy) is 1. The summed E-state index contributed by atoms with van der Waals surface area (Å²) in [5.74, 6) is 1.74. The Labute approximate surface area is 94.8 Å². The van der Waals surface area contributed by atoms with E-state index in [9.17, 15) is 4.79 Å². The molecule has 0 amide bonds. The zero-order chi connectivity index (χ0) is 11.0. The van der Waals surface area contributed by atoms with Gasteiger partial charge in [0.05, 0.1) is 13.2 Å². The van der Waals surface area contributed by atoms with Crippen LogP contribution >= 0.6 is 0 Å². The second-order valence-electron chi connectivity index (χ2n) is 4.60. The Morgan fingerprint density at radius 1 is 1.31 bits per heavy atom. The normalized spacial score (nSPS) is 19.4. The van der Waals surface area contributed by atoms with Gasteiger partial charge >= 0.3 is 0 Å². The van der Waals surface area contributed by atoms with Gasteiger partial charge in [-0.25, -0.2) is 0 Å². The van der Waals surface area contributed by atoms with Crippen LogP contribution in [0.2, 0.25) is 0 Å². The number of hydrogen-bond acceptors (Lipinski definition) is 3. The molecule has 0 spiro atoms. The third kappa shape index (κ3) is 1.95. The van der Waals surface area contributed by atoms with Crippen molar-refractivity contribution in [2.45, 2.75) is 19.4 Å². The van der Waals surface area contributed by atoms with Crippen LogP contribution in [-0.4, -0.2) is 18.9 Å². The average molecular weight is 217 g/mol. The van der Waals surface area contributed by atoms with Gasteiger partial charge in [-0.05, 0) is 36.5 Å². The molecule has 1 aromatic rings. The first-order valence-corrected chi connectivity index (χ1v) is 5.82. The lowest BCUT2D eigenvalue weighted by molar-refractivity contribution is 0.0981. The lowest BCUT2D eigenvalue weighted by Gasteiger charge is -2.17. The summed E-state index contributed by atoms with van der Waals surface area (Å²) in [7, 11) is 0. The summed E-state index contributed by atoms with van der Waals surface area (Å²) < 4.78 is 5.67. The summed E-state index contributed by atoms with van der Waals surface area (Å²) in [6, 6.07) is 5.84. The van der Waals surface area contributed by atoms with Crippen molar-refractivity contribution in [2.24, 2.45) is 5.92 Å². The van der Waals surface area contributed by atoms with Gasteiger partial charge in [0.2, 0.25) is 0 Å². The summed E-state index contributed by atoms with van der Waals surface area (Å²) in [4.78, 5) is 11.7. The van der Waals surface area contributed by atoms with Crippen LogP contribution in [0, 0.1) is 5.92 Å². The fourth-order valence-corrected chi connectivity index (χ4v) is 1.96. The molecule has 1 aromatic carbocycles. The van der Waals surface area contributed by atoms with Gasteiger partial charge in [-0.3, -0.25) is 4.79 Å². The van der Waals surface area contributed by atoms with Gasteiger partial charge in [-0.1, -0.05) is 6.07 Å². The number of rotatable bonds is 3. The quantitative estimate of drug-likeness (QED) is 0.838. The van der Waals surface area contributed by atoms with Gasteiger partial charge in [0.15, 0.2) is 5.78 Å². The van der Waals surface area contributed by atoms with Crippen LogP contribution in [0.15, 0.2) is 18.2 Å². The molecule has 1 saturated carbocycles. The van der Waals surface area contributed by atoms with E-state index in [4.69, 9.17) is 4.74 Å². The minimum absolute atomic E-state index is 0.165. The molecular formula is C13H15NO2. The topological polar surface area (TPSA) is 38.3 Å². The van der Waals surface area contributed by atoms with E-state index in [2.05, 4.69) is 5.32 Å². The van der Waals surface area contributed by atoms with E-state index >= 15 is 0 Å². The van der Waals surface area contributed by atoms with Crippen molar-refractivity contribution in [1.82, 2.24) is 5.32 Å². The standard InChI is InChI=1S/C13H15NO2/c15-13-7-14-6-10-3-4-11(5-12(10)13)16-8-9-1-2-9/h3-5,9,14H,1-2,6-8H2. The molecule has 84 valence electrons. The zero-order valence-electron chi connectivity index (χ0n) is 9.16. The van der Waals surface area contributed by atoms with Crippen molar-refractivity contribution < 1.29 is 9.53 Å². The van der Waals surface area contributed by atoms with Crippen LogP contribution in [0.1, 0.15) is 28.8 Å².